The Hall–Kier alpha value is -1.00. The molecule has 0 saturated carbocycles. The third kappa shape index (κ3) is 2.87. The highest BCUT2D eigenvalue weighted by molar-refractivity contribution is 5.14. The monoisotopic (exact) mass is 251 g/mol. The first-order valence-electron chi connectivity index (χ1n) is 6.72. The van der Waals surface area contributed by atoms with Crippen molar-refractivity contribution in [1.29, 1.82) is 0 Å². The lowest BCUT2D eigenvalue weighted by molar-refractivity contribution is 0.114. The van der Waals surface area contributed by atoms with Crippen molar-refractivity contribution in [1.82, 2.24) is 9.88 Å². The molecule has 1 aromatic heterocycles. The van der Waals surface area contributed by atoms with Crippen LogP contribution in [0.15, 0.2) is 18.5 Å². The predicted octanol–water partition coefficient (Wildman–Crippen LogP) is 2.34. The second kappa shape index (κ2) is 5.76. The molecule has 0 aromatic carbocycles. The molecule has 1 fully saturated rings. The summed E-state index contributed by atoms with van der Waals surface area (Å²) in [7, 11) is 0. The van der Waals surface area contributed by atoms with E-state index in [2.05, 4.69) is 23.7 Å². The predicted molar refractivity (Wildman–Crippen MR) is 70.6 cm³/mol. The molecule has 100 valence electrons. The number of piperidine rings is 1. The zero-order valence-corrected chi connectivity index (χ0v) is 11.1. The number of nitrogens with two attached hydrogens (primary N) is 1. The molecule has 3 atom stereocenters. The van der Waals surface area contributed by atoms with E-state index in [9.17, 15) is 4.39 Å². The van der Waals surface area contributed by atoms with Crippen LogP contribution in [0.25, 0.3) is 0 Å². The van der Waals surface area contributed by atoms with Crippen molar-refractivity contribution >= 4 is 0 Å². The Kier molecular flexibility index (Phi) is 4.30. The minimum Gasteiger partial charge on any atom is -0.327 e. The van der Waals surface area contributed by atoms with Gasteiger partial charge in [0.25, 0.3) is 0 Å². The summed E-state index contributed by atoms with van der Waals surface area (Å²) in [5.74, 6) is 0.280. The molecule has 18 heavy (non-hydrogen) atoms. The van der Waals surface area contributed by atoms with Crippen molar-refractivity contribution in [3.63, 3.8) is 0 Å². The van der Waals surface area contributed by atoms with Gasteiger partial charge in [0, 0.05) is 31.4 Å². The van der Waals surface area contributed by atoms with Crippen LogP contribution in [0, 0.1) is 11.7 Å². The van der Waals surface area contributed by atoms with E-state index in [4.69, 9.17) is 5.73 Å². The first-order valence-corrected chi connectivity index (χ1v) is 6.72. The Morgan fingerprint density at radius 3 is 3.00 bits per heavy atom. The summed E-state index contributed by atoms with van der Waals surface area (Å²) in [5.41, 5.74) is 7.06. The molecule has 3 nitrogen and oxygen atoms in total. The molecule has 3 unspecified atom stereocenters. The third-order valence-corrected chi connectivity index (χ3v) is 4.10. The van der Waals surface area contributed by atoms with Gasteiger partial charge in [0.15, 0.2) is 0 Å². The highest BCUT2D eigenvalue weighted by Gasteiger charge is 2.28. The smallest absolute Gasteiger partial charge is 0.141 e. The molecule has 2 rings (SSSR count). The molecule has 2 heterocycles. The maximum absolute atomic E-state index is 13.2. The average Bonchev–Trinajstić information content (AvgIpc) is 2.38. The van der Waals surface area contributed by atoms with E-state index in [-0.39, 0.29) is 11.9 Å². The van der Waals surface area contributed by atoms with Crippen molar-refractivity contribution in [3.05, 3.63) is 29.8 Å². The fourth-order valence-corrected chi connectivity index (χ4v) is 2.73. The topological polar surface area (TPSA) is 42.2 Å². The van der Waals surface area contributed by atoms with Gasteiger partial charge in [-0.15, -0.1) is 0 Å². The van der Waals surface area contributed by atoms with Crippen molar-refractivity contribution < 1.29 is 4.39 Å². The SMILES string of the molecule is CCC1CN(C(C)c2cncc(F)c2)CCC1N. The van der Waals surface area contributed by atoms with Crippen LogP contribution in [0.1, 0.15) is 38.3 Å². The average molecular weight is 251 g/mol. The van der Waals surface area contributed by atoms with Crippen molar-refractivity contribution in [2.75, 3.05) is 13.1 Å². The van der Waals surface area contributed by atoms with Gasteiger partial charge in [-0.2, -0.15) is 0 Å². The Labute approximate surface area is 108 Å². The van der Waals surface area contributed by atoms with Crippen molar-refractivity contribution in [2.24, 2.45) is 11.7 Å². The van der Waals surface area contributed by atoms with Crippen LogP contribution >= 0.6 is 0 Å². The summed E-state index contributed by atoms with van der Waals surface area (Å²) in [6, 6.07) is 2.09. The number of hydrogen-bond acceptors (Lipinski definition) is 3. The number of hydrogen-bond donors (Lipinski definition) is 1. The van der Waals surface area contributed by atoms with E-state index in [1.54, 1.807) is 12.3 Å². The Bertz CT molecular complexity index is 396. The largest absolute Gasteiger partial charge is 0.327 e. The van der Waals surface area contributed by atoms with Gasteiger partial charge in [0.1, 0.15) is 5.82 Å². The van der Waals surface area contributed by atoms with Gasteiger partial charge in [0.2, 0.25) is 0 Å². The quantitative estimate of drug-likeness (QED) is 0.896. The molecular weight excluding hydrogens is 229 g/mol. The van der Waals surface area contributed by atoms with E-state index in [0.717, 1.165) is 31.5 Å². The third-order valence-electron chi connectivity index (χ3n) is 4.10. The molecule has 0 amide bonds. The molecule has 1 aliphatic rings. The molecule has 0 bridgehead atoms. The maximum atomic E-state index is 13.2. The molecule has 0 spiro atoms. The first kappa shape index (κ1) is 13.4. The summed E-state index contributed by atoms with van der Waals surface area (Å²) in [4.78, 5) is 6.31. The van der Waals surface area contributed by atoms with Crippen molar-refractivity contribution in [3.8, 4) is 0 Å². The Morgan fingerprint density at radius 2 is 2.33 bits per heavy atom. The van der Waals surface area contributed by atoms with E-state index in [1.165, 1.54) is 6.20 Å². The zero-order chi connectivity index (χ0) is 13.1. The fraction of sp³-hybridized carbons (Fsp3) is 0.643. The van der Waals surface area contributed by atoms with Crippen LogP contribution in [-0.2, 0) is 0 Å². The van der Waals surface area contributed by atoms with Crippen LogP contribution in [-0.4, -0.2) is 29.0 Å². The normalized spacial score (nSPS) is 27.1. The number of pyridine rings is 1. The molecule has 1 saturated heterocycles. The molecule has 2 N–H and O–H groups in total. The summed E-state index contributed by atoms with van der Waals surface area (Å²) in [6.07, 6.45) is 5.12. The molecule has 4 heteroatoms. The minimum absolute atomic E-state index is 0.203. The van der Waals surface area contributed by atoms with Gasteiger partial charge in [0.05, 0.1) is 6.20 Å². The number of aromatic nitrogens is 1. The highest BCUT2D eigenvalue weighted by atomic mass is 19.1. The van der Waals surface area contributed by atoms with Crippen LogP contribution in [0.5, 0.6) is 0 Å². The first-order chi connectivity index (χ1) is 8.61. The number of rotatable bonds is 3. The van der Waals surface area contributed by atoms with Crippen LogP contribution in [0.3, 0.4) is 0 Å². The molecule has 1 aromatic rings. The lowest BCUT2D eigenvalue weighted by atomic mass is 9.89. The number of likely N-dealkylation sites (tertiary alicyclic amines) is 1. The lowest BCUT2D eigenvalue weighted by Crippen LogP contribution is -2.47. The second-order valence-electron chi connectivity index (χ2n) is 5.23. The number of nitrogens with zero attached hydrogens (tertiary/aromatic N) is 2. The number of halogens is 1. The van der Waals surface area contributed by atoms with E-state index in [0.29, 0.717) is 12.0 Å². The van der Waals surface area contributed by atoms with E-state index < -0.39 is 0 Å². The van der Waals surface area contributed by atoms with Gasteiger partial charge in [-0.1, -0.05) is 13.3 Å². The second-order valence-corrected chi connectivity index (χ2v) is 5.23. The highest BCUT2D eigenvalue weighted by Crippen LogP contribution is 2.27. The lowest BCUT2D eigenvalue weighted by Gasteiger charge is -2.39. The van der Waals surface area contributed by atoms with Crippen LogP contribution in [0.4, 0.5) is 4.39 Å². The van der Waals surface area contributed by atoms with Gasteiger partial charge in [-0.05, 0) is 30.9 Å². The van der Waals surface area contributed by atoms with Crippen LogP contribution < -0.4 is 5.73 Å². The molecule has 0 aliphatic carbocycles. The summed E-state index contributed by atoms with van der Waals surface area (Å²) >= 11 is 0. The van der Waals surface area contributed by atoms with Gasteiger partial charge < -0.3 is 5.73 Å². The summed E-state index contributed by atoms with van der Waals surface area (Å²) in [6.45, 7) is 6.27. The molecular formula is C14H22FN3. The Balaban J connectivity index is 2.07. The van der Waals surface area contributed by atoms with Crippen molar-refractivity contribution in [2.45, 2.75) is 38.8 Å². The summed E-state index contributed by atoms with van der Waals surface area (Å²) in [5, 5.41) is 0. The molecule has 1 aliphatic heterocycles. The minimum atomic E-state index is -0.264. The summed E-state index contributed by atoms with van der Waals surface area (Å²) < 4.78 is 13.2. The molecule has 0 radical (unpaired) electrons. The van der Waals surface area contributed by atoms with Gasteiger partial charge in [-0.25, -0.2) is 4.39 Å². The van der Waals surface area contributed by atoms with Crippen LogP contribution in [0.2, 0.25) is 0 Å². The van der Waals surface area contributed by atoms with Gasteiger partial charge >= 0.3 is 0 Å². The Morgan fingerprint density at radius 1 is 1.56 bits per heavy atom. The maximum Gasteiger partial charge on any atom is 0.141 e. The van der Waals surface area contributed by atoms with Gasteiger partial charge in [-0.3, -0.25) is 9.88 Å². The van der Waals surface area contributed by atoms with E-state index in [1.807, 2.05) is 0 Å². The fourth-order valence-electron chi connectivity index (χ4n) is 2.73. The van der Waals surface area contributed by atoms with E-state index >= 15 is 0 Å². The zero-order valence-electron chi connectivity index (χ0n) is 11.1. The standard InChI is InChI=1S/C14H22FN3/c1-3-11-9-18(5-4-14(11)16)10(2)12-6-13(15)8-17-7-12/h6-8,10-11,14H,3-5,9,16H2,1-2H3.